The van der Waals surface area contributed by atoms with E-state index in [-0.39, 0.29) is 12.0 Å². The first-order chi connectivity index (χ1) is 19.2. The lowest BCUT2D eigenvalue weighted by molar-refractivity contribution is 0.0601. The van der Waals surface area contributed by atoms with Crippen LogP contribution in [0.1, 0.15) is 59.5 Å². The van der Waals surface area contributed by atoms with E-state index in [1.165, 1.54) is 55.9 Å². The molecule has 0 radical (unpaired) electrons. The second-order valence-electron chi connectivity index (χ2n) is 10.6. The molecule has 0 spiro atoms. The van der Waals surface area contributed by atoms with E-state index in [0.717, 1.165) is 34.7 Å². The van der Waals surface area contributed by atoms with Crippen LogP contribution in [0.4, 0.5) is 0 Å². The lowest BCUT2D eigenvalue weighted by Crippen LogP contribution is -2.37. The Balaban J connectivity index is 1.56. The minimum Gasteiger partial charge on any atom is -0.487 e. The number of aromatic nitrogens is 1. The molecule has 3 aromatic carbocycles. The number of para-hydroxylation sites is 1. The van der Waals surface area contributed by atoms with E-state index in [1.807, 2.05) is 43.4 Å². The van der Waals surface area contributed by atoms with Crippen LogP contribution >= 0.6 is 0 Å². The van der Waals surface area contributed by atoms with E-state index in [9.17, 15) is 4.79 Å². The first-order valence-electron chi connectivity index (χ1n) is 14.0. The molecule has 1 fully saturated rings. The van der Waals surface area contributed by atoms with Gasteiger partial charge in [-0.25, -0.2) is 4.79 Å². The molecule has 2 heterocycles. The van der Waals surface area contributed by atoms with Crippen LogP contribution in [0.2, 0.25) is 0 Å². The Bertz CT molecular complexity index is 1470. The van der Waals surface area contributed by atoms with Gasteiger partial charge < -0.3 is 24.1 Å². The molecule has 2 aliphatic rings. The van der Waals surface area contributed by atoms with Gasteiger partial charge in [-0.15, -0.1) is 0 Å². The fourth-order valence-electron chi connectivity index (χ4n) is 6.24. The number of carbonyl (C=O) groups excluding carboxylic acids is 1. The normalized spacial score (nSPS) is 17.4. The van der Waals surface area contributed by atoms with Gasteiger partial charge >= 0.3 is 5.97 Å². The molecule has 1 aliphatic heterocycles. The molecule has 0 unspecified atom stereocenters. The van der Waals surface area contributed by atoms with Crippen LogP contribution in [0, 0.1) is 0 Å². The van der Waals surface area contributed by atoms with E-state index in [1.54, 1.807) is 0 Å². The van der Waals surface area contributed by atoms with Crippen molar-refractivity contribution in [3.63, 3.8) is 0 Å². The maximum Gasteiger partial charge on any atom is 0.337 e. The lowest BCUT2D eigenvalue weighted by Gasteiger charge is -2.28. The Hall–Kier alpha value is -3.77. The van der Waals surface area contributed by atoms with Crippen molar-refractivity contribution in [1.29, 1.82) is 0 Å². The third-order valence-electron chi connectivity index (χ3n) is 8.25. The molecule has 0 saturated heterocycles. The number of rotatable bonds is 6. The standard InChI is InChI=1S/C33H36N2O4/c1-34-25-19-35-28-18-24(33(36)37-2)16-17-26(28)30(23-12-7-4-8-13-23)31(35)27-14-9-15-29(32(27)39-21-25)38-20-22-10-5-3-6-11-22/h3,5-6,9-11,14-18,23,25,34H,4,7-8,12-13,19-21H2,1-2H3/t25-/m1/s1. The zero-order chi connectivity index (χ0) is 26.8. The van der Waals surface area contributed by atoms with E-state index in [0.29, 0.717) is 24.7 Å². The van der Waals surface area contributed by atoms with Gasteiger partial charge in [0.05, 0.1) is 24.4 Å². The number of nitrogens with zero attached hydrogens (tertiary/aromatic N) is 1. The van der Waals surface area contributed by atoms with Gasteiger partial charge in [0, 0.05) is 23.0 Å². The molecule has 1 saturated carbocycles. The highest BCUT2D eigenvalue weighted by Crippen LogP contribution is 2.49. The summed E-state index contributed by atoms with van der Waals surface area (Å²) in [6.45, 7) is 1.70. The average Bonchev–Trinajstić information content (AvgIpc) is 3.30. The SMILES string of the molecule is CN[C@H]1COc2c(OCc3ccccc3)cccc2-c2c(C3CCCCC3)c3ccc(C(=O)OC)cc3n2C1. The summed E-state index contributed by atoms with van der Waals surface area (Å²) in [7, 11) is 3.41. The number of fused-ring (bicyclic) bond motifs is 5. The summed E-state index contributed by atoms with van der Waals surface area (Å²) in [4.78, 5) is 12.5. The van der Waals surface area contributed by atoms with Crippen LogP contribution in [-0.2, 0) is 17.9 Å². The van der Waals surface area contributed by atoms with Crippen LogP contribution in [0.5, 0.6) is 11.5 Å². The van der Waals surface area contributed by atoms with Crippen molar-refractivity contribution >= 4 is 16.9 Å². The third kappa shape index (κ3) is 4.89. The average molecular weight is 525 g/mol. The second kappa shape index (κ2) is 11.1. The topological polar surface area (TPSA) is 61.7 Å². The van der Waals surface area contributed by atoms with Crippen LogP contribution in [0.15, 0.2) is 66.7 Å². The van der Waals surface area contributed by atoms with Crippen molar-refractivity contribution in [3.8, 4) is 22.8 Å². The monoisotopic (exact) mass is 524 g/mol. The molecule has 1 aliphatic carbocycles. The molecule has 0 bridgehead atoms. The first-order valence-corrected chi connectivity index (χ1v) is 14.0. The van der Waals surface area contributed by atoms with Crippen LogP contribution in [-0.4, -0.2) is 37.3 Å². The fourth-order valence-corrected chi connectivity index (χ4v) is 6.24. The number of hydrogen-bond acceptors (Lipinski definition) is 5. The summed E-state index contributed by atoms with van der Waals surface area (Å²) < 4.78 is 20.4. The Kier molecular flexibility index (Phi) is 7.29. The predicted octanol–water partition coefficient (Wildman–Crippen LogP) is 6.70. The smallest absolute Gasteiger partial charge is 0.337 e. The molecule has 202 valence electrons. The lowest BCUT2D eigenvalue weighted by atomic mass is 9.81. The Labute approximate surface area is 229 Å². The summed E-state index contributed by atoms with van der Waals surface area (Å²) in [5, 5.41) is 4.66. The minimum atomic E-state index is -0.317. The van der Waals surface area contributed by atoms with Crippen molar-refractivity contribution < 1.29 is 19.0 Å². The van der Waals surface area contributed by atoms with Crippen molar-refractivity contribution in [2.75, 3.05) is 20.8 Å². The summed E-state index contributed by atoms with van der Waals surface area (Å²) >= 11 is 0. The van der Waals surface area contributed by atoms with Crippen molar-refractivity contribution in [1.82, 2.24) is 9.88 Å². The van der Waals surface area contributed by atoms with Gasteiger partial charge in [-0.1, -0.05) is 61.7 Å². The molecule has 4 aromatic rings. The number of ether oxygens (including phenoxy) is 3. The molecule has 1 N–H and O–H groups in total. The Morgan fingerprint density at radius 2 is 1.85 bits per heavy atom. The zero-order valence-electron chi connectivity index (χ0n) is 22.7. The van der Waals surface area contributed by atoms with Crippen LogP contribution in [0.25, 0.3) is 22.2 Å². The van der Waals surface area contributed by atoms with E-state index in [2.05, 4.69) is 40.2 Å². The van der Waals surface area contributed by atoms with Gasteiger partial charge in [0.2, 0.25) is 0 Å². The summed E-state index contributed by atoms with van der Waals surface area (Å²) in [6.07, 6.45) is 6.09. The summed E-state index contributed by atoms with van der Waals surface area (Å²) in [5.74, 6) is 1.66. The maximum absolute atomic E-state index is 12.5. The number of carbonyl (C=O) groups is 1. The molecule has 0 amide bonds. The van der Waals surface area contributed by atoms with Crippen molar-refractivity contribution in [3.05, 3.63) is 83.4 Å². The first kappa shape index (κ1) is 25.5. The molecule has 6 nitrogen and oxygen atoms in total. The number of methoxy groups -OCH3 is 1. The Morgan fingerprint density at radius 1 is 1.03 bits per heavy atom. The number of likely N-dealkylation sites (N-methyl/N-ethyl adjacent to an activating group) is 1. The quantitative estimate of drug-likeness (QED) is 0.284. The molecule has 6 heteroatoms. The van der Waals surface area contributed by atoms with Gasteiger partial charge in [0.1, 0.15) is 13.2 Å². The minimum absolute atomic E-state index is 0.0793. The molecular weight excluding hydrogens is 488 g/mol. The molecule has 1 aromatic heterocycles. The molecule has 1 atom stereocenters. The largest absolute Gasteiger partial charge is 0.487 e. The predicted molar refractivity (Wildman–Crippen MR) is 154 cm³/mol. The number of hydrogen-bond donors (Lipinski definition) is 1. The van der Waals surface area contributed by atoms with Crippen LogP contribution in [0.3, 0.4) is 0 Å². The molecule has 6 rings (SSSR count). The molecule has 39 heavy (non-hydrogen) atoms. The van der Waals surface area contributed by atoms with Crippen LogP contribution < -0.4 is 14.8 Å². The van der Waals surface area contributed by atoms with Gasteiger partial charge in [-0.05, 0) is 61.2 Å². The number of esters is 1. The van der Waals surface area contributed by atoms with Gasteiger partial charge in [0.25, 0.3) is 0 Å². The second-order valence-corrected chi connectivity index (χ2v) is 10.6. The molecular formula is C33H36N2O4. The van der Waals surface area contributed by atoms with Gasteiger partial charge in [0.15, 0.2) is 11.5 Å². The van der Waals surface area contributed by atoms with Crippen molar-refractivity contribution in [2.24, 2.45) is 0 Å². The van der Waals surface area contributed by atoms with E-state index >= 15 is 0 Å². The maximum atomic E-state index is 12.5. The van der Waals surface area contributed by atoms with Crippen molar-refractivity contribution in [2.45, 2.75) is 57.2 Å². The third-order valence-corrected chi connectivity index (χ3v) is 8.25. The zero-order valence-corrected chi connectivity index (χ0v) is 22.7. The fraction of sp³-hybridized carbons (Fsp3) is 0.364. The number of benzene rings is 3. The number of nitrogens with one attached hydrogen (secondary N) is 1. The highest BCUT2D eigenvalue weighted by Gasteiger charge is 2.31. The van der Waals surface area contributed by atoms with Gasteiger partial charge in [-0.2, -0.15) is 0 Å². The van der Waals surface area contributed by atoms with E-state index < -0.39 is 0 Å². The highest BCUT2D eigenvalue weighted by atomic mass is 16.5. The van der Waals surface area contributed by atoms with Gasteiger partial charge in [-0.3, -0.25) is 0 Å². The summed E-state index contributed by atoms with van der Waals surface area (Å²) in [6, 6.07) is 22.5. The summed E-state index contributed by atoms with van der Waals surface area (Å²) in [5.41, 5.74) is 6.34. The Morgan fingerprint density at radius 3 is 2.62 bits per heavy atom. The highest BCUT2D eigenvalue weighted by molar-refractivity contribution is 5.99. The van der Waals surface area contributed by atoms with E-state index in [4.69, 9.17) is 14.2 Å².